The molecule has 0 unspecified atom stereocenters. The van der Waals surface area contributed by atoms with Crippen LogP contribution in [0.1, 0.15) is 10.4 Å². The molecule has 1 aliphatic heterocycles. The minimum absolute atomic E-state index is 0.0144. The van der Waals surface area contributed by atoms with Crippen LogP contribution in [-0.2, 0) is 9.53 Å². The van der Waals surface area contributed by atoms with Crippen molar-refractivity contribution in [2.45, 2.75) is 6.10 Å². The Morgan fingerprint density at radius 2 is 1.88 bits per heavy atom. The zero-order valence-electron chi connectivity index (χ0n) is 13.2. The highest BCUT2D eigenvalue weighted by molar-refractivity contribution is 6.07. The third kappa shape index (κ3) is 3.14. The van der Waals surface area contributed by atoms with Crippen molar-refractivity contribution in [1.29, 1.82) is 0 Å². The average molecular weight is 342 g/mol. The Labute approximate surface area is 142 Å². The lowest BCUT2D eigenvalue weighted by molar-refractivity contribution is -0.384. The van der Waals surface area contributed by atoms with Gasteiger partial charge in [-0.25, -0.2) is 4.79 Å². The molecule has 0 fully saturated rings. The van der Waals surface area contributed by atoms with Gasteiger partial charge in [-0.1, -0.05) is 12.1 Å². The van der Waals surface area contributed by atoms with Crippen LogP contribution in [0.25, 0.3) is 0 Å². The van der Waals surface area contributed by atoms with Crippen LogP contribution in [0.5, 0.6) is 5.75 Å². The standard InChI is InChI=1S/C17H14N2O6/c1-24-17(21)15-10-18(13-4-2-3-5-14(13)25-15)16(20)11-6-8-12(9-7-11)19(22)23/h2-9,15H,10H2,1H3/t15-/m0/s1. The van der Waals surface area contributed by atoms with E-state index in [1.807, 2.05) is 0 Å². The number of fused-ring (bicyclic) bond motifs is 1. The second-order valence-corrected chi connectivity index (χ2v) is 5.32. The van der Waals surface area contributed by atoms with Gasteiger partial charge in [0, 0.05) is 17.7 Å². The van der Waals surface area contributed by atoms with E-state index in [1.165, 1.54) is 36.3 Å². The quantitative estimate of drug-likeness (QED) is 0.481. The fourth-order valence-corrected chi connectivity index (χ4v) is 2.56. The van der Waals surface area contributed by atoms with Crippen molar-refractivity contribution in [3.8, 4) is 5.75 Å². The summed E-state index contributed by atoms with van der Waals surface area (Å²) in [5.41, 5.74) is 0.684. The summed E-state index contributed by atoms with van der Waals surface area (Å²) in [7, 11) is 1.24. The number of nitro benzene ring substituents is 1. The van der Waals surface area contributed by atoms with Crippen molar-refractivity contribution in [2.75, 3.05) is 18.6 Å². The molecule has 8 nitrogen and oxygen atoms in total. The summed E-state index contributed by atoms with van der Waals surface area (Å²) in [5.74, 6) is -0.588. The first-order valence-electron chi connectivity index (χ1n) is 7.41. The molecular formula is C17H14N2O6. The Bertz CT molecular complexity index is 833. The number of anilines is 1. The van der Waals surface area contributed by atoms with Crippen LogP contribution in [0.3, 0.4) is 0 Å². The molecule has 0 aliphatic carbocycles. The fraction of sp³-hybridized carbons (Fsp3) is 0.176. The smallest absolute Gasteiger partial charge is 0.348 e. The molecule has 25 heavy (non-hydrogen) atoms. The molecule has 0 aromatic heterocycles. The van der Waals surface area contributed by atoms with Gasteiger partial charge in [0.25, 0.3) is 11.6 Å². The Balaban J connectivity index is 1.94. The van der Waals surface area contributed by atoms with Crippen molar-refractivity contribution in [3.05, 3.63) is 64.2 Å². The third-order valence-corrected chi connectivity index (χ3v) is 3.81. The van der Waals surface area contributed by atoms with Gasteiger partial charge in [-0.3, -0.25) is 14.9 Å². The Morgan fingerprint density at radius 3 is 2.52 bits per heavy atom. The number of methoxy groups -OCH3 is 1. The Morgan fingerprint density at radius 1 is 1.20 bits per heavy atom. The second kappa shape index (κ2) is 6.60. The molecule has 128 valence electrons. The topological polar surface area (TPSA) is 99.0 Å². The molecule has 1 aliphatic rings. The van der Waals surface area contributed by atoms with Crippen LogP contribution in [0.4, 0.5) is 11.4 Å². The van der Waals surface area contributed by atoms with Crippen LogP contribution in [0, 0.1) is 10.1 Å². The van der Waals surface area contributed by atoms with E-state index in [0.717, 1.165) is 0 Å². The number of carbonyl (C=O) groups excluding carboxylic acids is 2. The van der Waals surface area contributed by atoms with E-state index >= 15 is 0 Å². The normalized spacial score (nSPS) is 15.7. The molecule has 0 saturated carbocycles. The summed E-state index contributed by atoms with van der Waals surface area (Å²) < 4.78 is 10.3. The van der Waals surface area contributed by atoms with E-state index in [0.29, 0.717) is 11.4 Å². The predicted octanol–water partition coefficient (Wildman–Crippen LogP) is 2.18. The third-order valence-electron chi connectivity index (χ3n) is 3.81. The number of rotatable bonds is 3. The maximum absolute atomic E-state index is 12.8. The predicted molar refractivity (Wildman–Crippen MR) is 87.6 cm³/mol. The van der Waals surface area contributed by atoms with Gasteiger partial charge in [0.05, 0.1) is 24.3 Å². The number of amides is 1. The maximum Gasteiger partial charge on any atom is 0.348 e. The van der Waals surface area contributed by atoms with Gasteiger partial charge < -0.3 is 14.4 Å². The number of ether oxygens (including phenoxy) is 2. The maximum atomic E-state index is 12.8. The molecule has 0 N–H and O–H groups in total. The second-order valence-electron chi connectivity index (χ2n) is 5.32. The largest absolute Gasteiger partial charge is 0.475 e. The number of nitrogens with zero attached hydrogens (tertiary/aromatic N) is 2. The molecule has 0 radical (unpaired) electrons. The number of non-ortho nitro benzene ring substituents is 1. The number of carbonyl (C=O) groups is 2. The van der Waals surface area contributed by atoms with Gasteiger partial charge in [0.15, 0.2) is 0 Å². The molecule has 0 bridgehead atoms. The van der Waals surface area contributed by atoms with E-state index in [2.05, 4.69) is 0 Å². The summed E-state index contributed by atoms with van der Waals surface area (Å²) >= 11 is 0. The first-order valence-corrected chi connectivity index (χ1v) is 7.41. The van der Waals surface area contributed by atoms with Crippen LogP contribution in [0.2, 0.25) is 0 Å². The SMILES string of the molecule is COC(=O)[C@@H]1CN(C(=O)c2ccc([N+](=O)[O-])cc2)c2ccccc2O1. The van der Waals surface area contributed by atoms with Crippen molar-refractivity contribution in [2.24, 2.45) is 0 Å². The van der Waals surface area contributed by atoms with E-state index < -0.39 is 17.0 Å². The molecule has 2 aromatic carbocycles. The van der Waals surface area contributed by atoms with Crippen molar-refractivity contribution < 1.29 is 24.0 Å². The molecule has 3 rings (SSSR count). The first-order chi connectivity index (χ1) is 12.0. The van der Waals surface area contributed by atoms with Crippen LogP contribution < -0.4 is 9.64 Å². The lowest BCUT2D eigenvalue weighted by Crippen LogP contribution is -2.47. The molecule has 1 heterocycles. The summed E-state index contributed by atoms with van der Waals surface area (Å²) in [4.78, 5) is 36.3. The Hall–Kier alpha value is -3.42. The van der Waals surface area contributed by atoms with Crippen LogP contribution in [-0.4, -0.2) is 36.6 Å². The van der Waals surface area contributed by atoms with E-state index in [1.54, 1.807) is 24.3 Å². The molecule has 8 heteroatoms. The zero-order valence-corrected chi connectivity index (χ0v) is 13.2. The number of nitro groups is 1. The number of hydrogen-bond donors (Lipinski definition) is 0. The number of para-hydroxylation sites is 2. The monoisotopic (exact) mass is 342 g/mol. The van der Waals surface area contributed by atoms with Gasteiger partial charge in [0.2, 0.25) is 6.10 Å². The highest BCUT2D eigenvalue weighted by Crippen LogP contribution is 2.34. The van der Waals surface area contributed by atoms with E-state index in [-0.39, 0.29) is 23.7 Å². The summed E-state index contributed by atoms with van der Waals surface area (Å²) in [6, 6.07) is 12.1. The van der Waals surface area contributed by atoms with Crippen molar-refractivity contribution in [3.63, 3.8) is 0 Å². The van der Waals surface area contributed by atoms with E-state index in [4.69, 9.17) is 9.47 Å². The van der Waals surface area contributed by atoms with E-state index in [9.17, 15) is 19.7 Å². The fourth-order valence-electron chi connectivity index (χ4n) is 2.56. The van der Waals surface area contributed by atoms with Gasteiger partial charge >= 0.3 is 5.97 Å². The van der Waals surface area contributed by atoms with Crippen molar-refractivity contribution in [1.82, 2.24) is 0 Å². The van der Waals surface area contributed by atoms with Crippen LogP contribution >= 0.6 is 0 Å². The highest BCUT2D eigenvalue weighted by Gasteiger charge is 2.34. The summed E-state index contributed by atoms with van der Waals surface area (Å²) in [6.45, 7) is -0.0144. The first kappa shape index (κ1) is 16.4. The summed E-state index contributed by atoms with van der Waals surface area (Å²) in [5, 5.41) is 10.7. The summed E-state index contributed by atoms with van der Waals surface area (Å²) in [6.07, 6.45) is -0.943. The van der Waals surface area contributed by atoms with Gasteiger partial charge in [0.1, 0.15) is 5.75 Å². The zero-order chi connectivity index (χ0) is 18.0. The van der Waals surface area contributed by atoms with Crippen LogP contribution in [0.15, 0.2) is 48.5 Å². The number of hydrogen-bond acceptors (Lipinski definition) is 6. The molecule has 0 spiro atoms. The molecular weight excluding hydrogens is 328 g/mol. The Kier molecular flexibility index (Phi) is 4.34. The van der Waals surface area contributed by atoms with Gasteiger partial charge in [-0.05, 0) is 24.3 Å². The van der Waals surface area contributed by atoms with Crippen molar-refractivity contribution >= 4 is 23.3 Å². The average Bonchev–Trinajstić information content (AvgIpc) is 2.65. The lowest BCUT2D eigenvalue weighted by Gasteiger charge is -2.33. The molecule has 2 aromatic rings. The lowest BCUT2D eigenvalue weighted by atomic mass is 10.1. The molecule has 0 saturated heterocycles. The molecule has 1 amide bonds. The molecule has 1 atom stereocenters. The number of esters is 1. The van der Waals surface area contributed by atoms with Gasteiger partial charge in [-0.15, -0.1) is 0 Å². The minimum Gasteiger partial charge on any atom is -0.475 e. The number of benzene rings is 2. The van der Waals surface area contributed by atoms with Gasteiger partial charge in [-0.2, -0.15) is 0 Å². The minimum atomic E-state index is -0.943. The highest BCUT2D eigenvalue weighted by atomic mass is 16.6.